The molecule has 0 bridgehead atoms. The van der Waals surface area contributed by atoms with Gasteiger partial charge in [-0.2, -0.15) is 0 Å². The largest absolute Gasteiger partial charge is 0.477 e. The summed E-state index contributed by atoms with van der Waals surface area (Å²) in [6.45, 7) is 5.73. The number of nitrogens with zero attached hydrogens (tertiary/aromatic N) is 5. The minimum atomic E-state index is -0.947. The summed E-state index contributed by atoms with van der Waals surface area (Å²) < 4.78 is 16.4. The van der Waals surface area contributed by atoms with Gasteiger partial charge in [-0.3, -0.25) is 4.79 Å². The molecule has 0 atom stereocenters. The van der Waals surface area contributed by atoms with Gasteiger partial charge >= 0.3 is 11.9 Å². The van der Waals surface area contributed by atoms with Gasteiger partial charge in [0.05, 0.1) is 25.4 Å². The molecule has 0 aliphatic rings. The molecule has 0 spiro atoms. The van der Waals surface area contributed by atoms with Crippen LogP contribution in [0.15, 0.2) is 146 Å². The highest BCUT2D eigenvalue weighted by atomic mass is 16.5. The molecule has 0 unspecified atom stereocenters. The van der Waals surface area contributed by atoms with E-state index in [1.54, 1.807) is 30.8 Å². The molecule has 0 N–H and O–H groups in total. The second kappa shape index (κ2) is 18.3. The van der Waals surface area contributed by atoms with Gasteiger partial charge in [-0.1, -0.05) is 153 Å². The zero-order valence-corrected chi connectivity index (χ0v) is 33.1. The SMILES string of the molecule is CCCCOc1nc(C(=O)c2ccc(-c3ccccc3-c3nnn(C(c4ccccc4)(c4ccccc4)c4ccccc4)n3)cc2)c(C(=O)OCC)cc1C(=O)OCC. The van der Waals surface area contributed by atoms with E-state index in [-0.39, 0.29) is 48.1 Å². The van der Waals surface area contributed by atoms with Crippen LogP contribution in [0.5, 0.6) is 5.88 Å². The van der Waals surface area contributed by atoms with E-state index in [1.165, 1.54) is 6.07 Å². The Balaban J connectivity index is 1.28. The number of pyridine rings is 1. The average molecular weight is 786 g/mol. The Bertz CT molecular complexity index is 2440. The highest BCUT2D eigenvalue weighted by molar-refractivity contribution is 6.14. The average Bonchev–Trinajstić information content (AvgIpc) is 3.78. The number of unbranched alkanes of at least 4 members (excludes halogenated alkanes) is 1. The fourth-order valence-electron chi connectivity index (χ4n) is 7.03. The summed E-state index contributed by atoms with van der Waals surface area (Å²) in [7, 11) is 0. The van der Waals surface area contributed by atoms with Crippen LogP contribution in [-0.4, -0.2) is 62.7 Å². The molecule has 0 saturated heterocycles. The molecule has 296 valence electrons. The minimum Gasteiger partial charge on any atom is -0.477 e. The summed E-state index contributed by atoms with van der Waals surface area (Å²) in [5.41, 5.74) is 4.11. The highest BCUT2D eigenvalue weighted by Gasteiger charge is 2.41. The van der Waals surface area contributed by atoms with E-state index in [1.807, 2.05) is 97.9 Å². The maximum Gasteiger partial charge on any atom is 0.343 e. The molecule has 11 nitrogen and oxygen atoms in total. The monoisotopic (exact) mass is 785 g/mol. The number of benzene rings is 5. The number of ether oxygens (including phenoxy) is 3. The molecule has 11 heteroatoms. The van der Waals surface area contributed by atoms with Gasteiger partial charge < -0.3 is 14.2 Å². The Kier molecular flexibility index (Phi) is 12.4. The van der Waals surface area contributed by atoms with E-state index in [0.717, 1.165) is 39.8 Å². The van der Waals surface area contributed by atoms with Crippen molar-refractivity contribution in [3.63, 3.8) is 0 Å². The molecule has 0 radical (unpaired) electrons. The predicted octanol–water partition coefficient (Wildman–Crippen LogP) is 9.01. The number of ketones is 1. The zero-order valence-electron chi connectivity index (χ0n) is 33.1. The number of hydrogen-bond acceptors (Lipinski definition) is 10. The van der Waals surface area contributed by atoms with Crippen LogP contribution in [0, 0.1) is 0 Å². The molecule has 2 aromatic heterocycles. The third-order valence-corrected chi connectivity index (χ3v) is 9.84. The van der Waals surface area contributed by atoms with E-state index >= 15 is 0 Å². The lowest BCUT2D eigenvalue weighted by molar-refractivity contribution is 0.0517. The van der Waals surface area contributed by atoms with Crippen molar-refractivity contribution in [1.29, 1.82) is 0 Å². The van der Waals surface area contributed by atoms with Crippen molar-refractivity contribution >= 4 is 17.7 Å². The standard InChI is InChI=1S/C48H43N5O6/c1-4-7-31-59-45-41(47(56)58-6-3)32-40(46(55)57-5-2)42(49-45)43(54)34-29-27-33(28-30-34)38-25-17-18-26-39(38)44-50-52-53(51-44)48(35-19-11-8-12-20-35,36-21-13-9-14-22-36)37-23-15-10-16-24-37/h8-30,32H,4-7,31H2,1-3H3. The van der Waals surface area contributed by atoms with E-state index in [2.05, 4.69) is 46.5 Å². The van der Waals surface area contributed by atoms with Crippen molar-refractivity contribution in [3.05, 3.63) is 185 Å². The van der Waals surface area contributed by atoms with Crippen molar-refractivity contribution < 1.29 is 28.6 Å². The van der Waals surface area contributed by atoms with Crippen molar-refractivity contribution in [3.8, 4) is 28.4 Å². The molecule has 0 aliphatic carbocycles. The van der Waals surface area contributed by atoms with Crippen molar-refractivity contribution in [1.82, 2.24) is 25.2 Å². The van der Waals surface area contributed by atoms with Gasteiger partial charge in [0.1, 0.15) is 11.3 Å². The molecule has 0 saturated carbocycles. The first-order valence-corrected chi connectivity index (χ1v) is 19.6. The van der Waals surface area contributed by atoms with Crippen LogP contribution in [-0.2, 0) is 15.0 Å². The number of carbonyl (C=O) groups excluding carboxylic acids is 3. The van der Waals surface area contributed by atoms with E-state index in [4.69, 9.17) is 24.5 Å². The van der Waals surface area contributed by atoms with Gasteiger partial charge in [0.2, 0.25) is 17.5 Å². The molecule has 5 aromatic carbocycles. The molecule has 7 aromatic rings. The van der Waals surface area contributed by atoms with Crippen LogP contribution in [0.1, 0.15) is 87.1 Å². The highest BCUT2D eigenvalue weighted by Crippen LogP contribution is 2.40. The van der Waals surface area contributed by atoms with Crippen LogP contribution in [0.3, 0.4) is 0 Å². The molecular formula is C48H43N5O6. The lowest BCUT2D eigenvalue weighted by Gasteiger charge is -2.34. The predicted molar refractivity (Wildman–Crippen MR) is 223 cm³/mol. The quantitative estimate of drug-likeness (QED) is 0.0404. The first kappa shape index (κ1) is 39.9. The van der Waals surface area contributed by atoms with Gasteiger partial charge in [0.25, 0.3) is 0 Å². The molecule has 7 rings (SSSR count). The summed E-state index contributed by atoms with van der Waals surface area (Å²) in [4.78, 5) is 46.4. The number of carbonyl (C=O) groups is 3. The van der Waals surface area contributed by atoms with Crippen molar-refractivity contribution in [2.45, 2.75) is 39.2 Å². The lowest BCUT2D eigenvalue weighted by Crippen LogP contribution is -2.39. The van der Waals surface area contributed by atoms with Crippen LogP contribution in [0.2, 0.25) is 0 Å². The second-order valence-corrected chi connectivity index (χ2v) is 13.5. The van der Waals surface area contributed by atoms with Crippen molar-refractivity contribution in [2.24, 2.45) is 0 Å². The van der Waals surface area contributed by atoms with Crippen LogP contribution < -0.4 is 4.74 Å². The van der Waals surface area contributed by atoms with Gasteiger partial charge in [-0.25, -0.2) is 14.6 Å². The summed E-state index contributed by atoms with van der Waals surface area (Å²) in [6.07, 6.45) is 1.52. The Morgan fingerprint density at radius 3 is 1.69 bits per heavy atom. The summed E-state index contributed by atoms with van der Waals surface area (Å²) in [6, 6.07) is 46.3. The molecular weight excluding hydrogens is 743 g/mol. The summed E-state index contributed by atoms with van der Waals surface area (Å²) in [5.74, 6) is -1.74. The smallest absolute Gasteiger partial charge is 0.343 e. The maximum atomic E-state index is 14.2. The van der Waals surface area contributed by atoms with Gasteiger partial charge in [-0.05, 0) is 59.4 Å². The maximum absolute atomic E-state index is 14.2. The number of esters is 2. The first-order chi connectivity index (χ1) is 28.9. The molecule has 2 heterocycles. The van der Waals surface area contributed by atoms with Crippen LogP contribution >= 0.6 is 0 Å². The van der Waals surface area contributed by atoms with Gasteiger partial charge in [-0.15, -0.1) is 15.0 Å². The normalized spacial score (nSPS) is 11.2. The number of hydrogen-bond donors (Lipinski definition) is 0. The van der Waals surface area contributed by atoms with Gasteiger partial charge in [0.15, 0.2) is 5.54 Å². The third-order valence-electron chi connectivity index (χ3n) is 9.84. The zero-order chi connectivity index (χ0) is 41.2. The number of aromatic nitrogens is 5. The summed E-state index contributed by atoms with van der Waals surface area (Å²) >= 11 is 0. The summed E-state index contributed by atoms with van der Waals surface area (Å²) in [5, 5.41) is 14.5. The number of tetrazole rings is 1. The van der Waals surface area contributed by atoms with Crippen LogP contribution in [0.4, 0.5) is 0 Å². The topological polar surface area (TPSA) is 135 Å². The first-order valence-electron chi connectivity index (χ1n) is 19.6. The minimum absolute atomic E-state index is 0.0540. The Morgan fingerprint density at radius 1 is 0.627 bits per heavy atom. The molecule has 59 heavy (non-hydrogen) atoms. The van der Waals surface area contributed by atoms with Crippen molar-refractivity contribution in [2.75, 3.05) is 19.8 Å². The lowest BCUT2D eigenvalue weighted by atomic mass is 9.77. The van der Waals surface area contributed by atoms with E-state index in [0.29, 0.717) is 12.2 Å². The van der Waals surface area contributed by atoms with Gasteiger partial charge in [0, 0.05) is 11.1 Å². The molecule has 0 amide bonds. The fourth-order valence-corrected chi connectivity index (χ4v) is 7.03. The third kappa shape index (κ3) is 8.13. The second-order valence-electron chi connectivity index (χ2n) is 13.5. The Labute approximate surface area is 342 Å². The van der Waals surface area contributed by atoms with E-state index in [9.17, 15) is 14.4 Å². The van der Waals surface area contributed by atoms with E-state index < -0.39 is 23.3 Å². The Morgan fingerprint density at radius 2 is 1.15 bits per heavy atom. The fraction of sp³-hybridized carbons (Fsp3) is 0.188. The number of rotatable bonds is 16. The Hall–Kier alpha value is -7.27. The molecule has 0 aliphatic heterocycles. The molecule has 0 fully saturated rings. The van der Waals surface area contributed by atoms with Crippen LogP contribution in [0.25, 0.3) is 22.5 Å².